The molecule has 0 unspecified atom stereocenters. The van der Waals surface area contributed by atoms with E-state index in [1.54, 1.807) is 18.2 Å². The lowest BCUT2D eigenvalue weighted by Gasteiger charge is -2.07. The summed E-state index contributed by atoms with van der Waals surface area (Å²) >= 11 is 13.9. The lowest BCUT2D eigenvalue weighted by Crippen LogP contribution is -2.22. The summed E-state index contributed by atoms with van der Waals surface area (Å²) in [4.78, 5) is 13.7. The molecule has 3 aromatic rings. The Kier molecular flexibility index (Phi) is 4.94. The molecule has 0 aliphatic heterocycles. The average molecular weight is 380 g/mol. The monoisotopic (exact) mass is 379 g/mol. The van der Waals surface area contributed by atoms with Gasteiger partial charge in [-0.3, -0.25) is 4.79 Å². The van der Waals surface area contributed by atoms with Gasteiger partial charge < -0.3 is 5.32 Å². The number of aryl methyl sites for hydroxylation is 1. The van der Waals surface area contributed by atoms with Crippen molar-refractivity contribution in [2.75, 3.05) is 6.54 Å². The highest BCUT2D eigenvalue weighted by atomic mass is 35.5. The van der Waals surface area contributed by atoms with Gasteiger partial charge in [0.15, 0.2) is 0 Å². The van der Waals surface area contributed by atoms with E-state index in [4.69, 9.17) is 23.2 Å². The summed E-state index contributed by atoms with van der Waals surface area (Å²) in [6, 6.07) is 7.29. The molecular formula is C17H15Cl2N3OS. The third-order valence-electron chi connectivity index (χ3n) is 3.61. The molecule has 0 saturated heterocycles. The first-order valence-corrected chi connectivity index (χ1v) is 8.87. The zero-order chi connectivity index (χ0) is 17.3. The van der Waals surface area contributed by atoms with Crippen LogP contribution in [0, 0.1) is 6.92 Å². The topological polar surface area (TPSA) is 46.9 Å². The van der Waals surface area contributed by atoms with E-state index in [0.29, 0.717) is 28.0 Å². The van der Waals surface area contributed by atoms with Crippen LogP contribution in [-0.2, 0) is 6.54 Å². The maximum Gasteiger partial charge on any atom is 0.261 e. The van der Waals surface area contributed by atoms with Crippen molar-refractivity contribution in [1.82, 2.24) is 15.1 Å². The Balaban J connectivity index is 1.98. The number of benzene rings is 1. The second kappa shape index (κ2) is 6.97. The van der Waals surface area contributed by atoms with Crippen molar-refractivity contribution in [3.63, 3.8) is 0 Å². The molecule has 2 aromatic heterocycles. The van der Waals surface area contributed by atoms with Crippen LogP contribution < -0.4 is 5.32 Å². The molecule has 4 nitrogen and oxygen atoms in total. The summed E-state index contributed by atoms with van der Waals surface area (Å²) in [6.45, 7) is 6.42. The van der Waals surface area contributed by atoms with E-state index >= 15 is 0 Å². The zero-order valence-electron chi connectivity index (χ0n) is 13.0. The molecule has 1 aromatic carbocycles. The number of rotatable bonds is 5. The fraction of sp³-hybridized carbons (Fsp3) is 0.176. The molecule has 3 rings (SSSR count). The number of nitrogens with one attached hydrogen (secondary N) is 1. The number of halogens is 2. The van der Waals surface area contributed by atoms with Gasteiger partial charge in [0, 0.05) is 27.5 Å². The number of thiophene rings is 1. The van der Waals surface area contributed by atoms with Gasteiger partial charge in [0.2, 0.25) is 0 Å². The lowest BCUT2D eigenvalue weighted by molar-refractivity contribution is 0.0962. The molecule has 124 valence electrons. The second-order valence-corrected chi connectivity index (χ2v) is 7.12. The fourth-order valence-corrected chi connectivity index (χ4v) is 4.01. The quantitative estimate of drug-likeness (QED) is 0.654. The highest BCUT2D eigenvalue weighted by Gasteiger charge is 2.17. The zero-order valence-corrected chi connectivity index (χ0v) is 15.3. The predicted molar refractivity (Wildman–Crippen MR) is 100 cm³/mol. The molecular weight excluding hydrogens is 365 g/mol. The molecule has 0 aliphatic rings. The Labute approximate surface area is 153 Å². The third-order valence-corrected chi connectivity index (χ3v) is 5.46. The van der Waals surface area contributed by atoms with Gasteiger partial charge >= 0.3 is 0 Å². The van der Waals surface area contributed by atoms with Crippen molar-refractivity contribution in [1.29, 1.82) is 0 Å². The summed E-state index contributed by atoms with van der Waals surface area (Å²) < 4.78 is 1.84. The van der Waals surface area contributed by atoms with Crippen LogP contribution in [0.15, 0.2) is 36.9 Å². The van der Waals surface area contributed by atoms with E-state index in [-0.39, 0.29) is 5.91 Å². The van der Waals surface area contributed by atoms with E-state index in [1.807, 2.05) is 23.7 Å². The van der Waals surface area contributed by atoms with Crippen molar-refractivity contribution >= 4 is 50.7 Å². The summed E-state index contributed by atoms with van der Waals surface area (Å²) in [6.07, 6.45) is 1.65. The van der Waals surface area contributed by atoms with Crippen molar-refractivity contribution < 1.29 is 4.79 Å². The first kappa shape index (κ1) is 17.0. The summed E-state index contributed by atoms with van der Waals surface area (Å²) in [5.41, 5.74) is 1.68. The van der Waals surface area contributed by atoms with Gasteiger partial charge in [0.1, 0.15) is 4.83 Å². The van der Waals surface area contributed by atoms with Gasteiger partial charge in [-0.05, 0) is 25.1 Å². The maximum atomic E-state index is 12.1. The molecule has 2 heterocycles. The molecule has 0 bridgehead atoms. The second-order valence-electron chi connectivity index (χ2n) is 5.27. The molecule has 0 spiro atoms. The number of hydrogen-bond donors (Lipinski definition) is 1. The van der Waals surface area contributed by atoms with Crippen LogP contribution in [0.1, 0.15) is 20.9 Å². The first-order chi connectivity index (χ1) is 11.5. The minimum atomic E-state index is -0.113. The number of carbonyl (C=O) groups is 1. The van der Waals surface area contributed by atoms with Gasteiger partial charge in [-0.15, -0.1) is 17.9 Å². The van der Waals surface area contributed by atoms with E-state index in [1.165, 1.54) is 11.3 Å². The highest BCUT2D eigenvalue weighted by Crippen LogP contribution is 2.31. The lowest BCUT2D eigenvalue weighted by atomic mass is 10.2. The number of aromatic nitrogens is 2. The van der Waals surface area contributed by atoms with E-state index in [2.05, 4.69) is 17.0 Å². The average Bonchev–Trinajstić information content (AvgIpc) is 3.10. The highest BCUT2D eigenvalue weighted by molar-refractivity contribution is 7.20. The fourth-order valence-electron chi connectivity index (χ4n) is 2.42. The Morgan fingerprint density at radius 3 is 2.79 bits per heavy atom. The maximum absolute atomic E-state index is 12.1. The third kappa shape index (κ3) is 3.20. The van der Waals surface area contributed by atoms with Gasteiger partial charge in [0.25, 0.3) is 5.91 Å². The number of carbonyl (C=O) groups excluding carboxylic acids is 1. The largest absolute Gasteiger partial charge is 0.348 e. The van der Waals surface area contributed by atoms with Gasteiger partial charge in [-0.25, -0.2) is 4.68 Å². The number of amides is 1. The van der Waals surface area contributed by atoms with Crippen molar-refractivity contribution in [2.24, 2.45) is 0 Å². The van der Waals surface area contributed by atoms with E-state index in [0.717, 1.165) is 21.5 Å². The molecule has 1 amide bonds. The molecule has 0 fully saturated rings. The van der Waals surface area contributed by atoms with Crippen molar-refractivity contribution in [3.05, 3.63) is 63.1 Å². The molecule has 0 radical (unpaired) electrons. The Hall–Kier alpha value is -1.82. The molecule has 1 N–H and O–H groups in total. The molecule has 0 aliphatic carbocycles. The summed E-state index contributed by atoms with van der Waals surface area (Å²) in [5.74, 6) is -0.113. The van der Waals surface area contributed by atoms with Gasteiger partial charge in [-0.1, -0.05) is 35.3 Å². The first-order valence-electron chi connectivity index (χ1n) is 7.30. The minimum Gasteiger partial charge on any atom is -0.348 e. The van der Waals surface area contributed by atoms with E-state index in [9.17, 15) is 4.79 Å². The number of hydrogen-bond acceptors (Lipinski definition) is 3. The Morgan fingerprint density at radius 1 is 1.42 bits per heavy atom. The van der Waals surface area contributed by atoms with Crippen molar-refractivity contribution in [2.45, 2.75) is 13.5 Å². The van der Waals surface area contributed by atoms with Crippen LogP contribution in [0.5, 0.6) is 0 Å². The Bertz CT molecular complexity index is 909. The summed E-state index contributed by atoms with van der Waals surface area (Å²) in [5, 5.41) is 9.51. The summed E-state index contributed by atoms with van der Waals surface area (Å²) in [7, 11) is 0. The SMILES string of the molecule is C=CCNC(=O)c1cc2c(C)nn(Cc3c(Cl)cccc3Cl)c2s1. The van der Waals surface area contributed by atoms with Crippen LogP contribution in [-0.4, -0.2) is 22.2 Å². The number of nitrogens with zero attached hydrogens (tertiary/aromatic N) is 2. The molecule has 24 heavy (non-hydrogen) atoms. The van der Waals surface area contributed by atoms with Crippen molar-refractivity contribution in [3.8, 4) is 0 Å². The minimum absolute atomic E-state index is 0.113. The number of fused-ring (bicyclic) bond motifs is 1. The van der Waals surface area contributed by atoms with Gasteiger partial charge in [-0.2, -0.15) is 5.10 Å². The molecule has 0 atom stereocenters. The van der Waals surface area contributed by atoms with Crippen LogP contribution in [0.2, 0.25) is 10.0 Å². The normalized spacial score (nSPS) is 11.0. The van der Waals surface area contributed by atoms with Gasteiger partial charge in [0.05, 0.1) is 17.1 Å². The predicted octanol–water partition coefficient (Wildman–Crippen LogP) is 4.68. The molecule has 0 saturated carbocycles. The standard InChI is InChI=1S/C17H15Cl2N3OS/c1-3-7-20-16(23)15-8-11-10(2)21-22(17(11)24-15)9-12-13(18)5-4-6-14(12)19/h3-6,8H,1,7,9H2,2H3,(H,20,23). The van der Waals surface area contributed by atoms with Crippen LogP contribution in [0.3, 0.4) is 0 Å². The van der Waals surface area contributed by atoms with Crippen LogP contribution in [0.25, 0.3) is 10.2 Å². The van der Waals surface area contributed by atoms with E-state index < -0.39 is 0 Å². The Morgan fingerprint density at radius 2 is 2.12 bits per heavy atom. The smallest absolute Gasteiger partial charge is 0.261 e. The molecule has 7 heteroatoms. The van der Waals surface area contributed by atoms with Crippen LogP contribution in [0.4, 0.5) is 0 Å². The van der Waals surface area contributed by atoms with Crippen LogP contribution >= 0.6 is 34.5 Å².